The lowest BCUT2D eigenvalue weighted by Gasteiger charge is -2.22. The van der Waals surface area contributed by atoms with Crippen LogP contribution in [-0.2, 0) is 9.53 Å². The number of likely N-dealkylation sites (N-methyl/N-ethyl adjacent to an activating group) is 1. The third-order valence-electron chi connectivity index (χ3n) is 4.19. The van der Waals surface area contributed by atoms with Gasteiger partial charge in [0.1, 0.15) is 0 Å². The number of alkyl carbamates (subject to hydrolysis) is 1. The Hall–Kier alpha value is -2.42. The zero-order valence-corrected chi connectivity index (χ0v) is 15.5. The molecule has 2 N–H and O–H groups in total. The maximum absolute atomic E-state index is 11.4. The number of aromatic nitrogens is 2. The minimum Gasteiger partial charge on any atom is -0.439 e. The van der Waals surface area contributed by atoms with E-state index in [0.29, 0.717) is 6.54 Å². The quantitative estimate of drug-likeness (QED) is 0.665. The van der Waals surface area contributed by atoms with Crippen molar-refractivity contribution in [1.82, 2.24) is 25.5 Å². The number of hydrogen-bond donors (Lipinski definition) is 2. The average molecular weight is 364 g/mol. The van der Waals surface area contributed by atoms with Gasteiger partial charge in [0.25, 0.3) is 5.91 Å². The summed E-state index contributed by atoms with van der Waals surface area (Å²) < 4.78 is 4.78. The highest BCUT2D eigenvalue weighted by Crippen LogP contribution is 2.11. The van der Waals surface area contributed by atoms with E-state index >= 15 is 0 Å². The first-order valence-electron chi connectivity index (χ1n) is 8.96. The largest absolute Gasteiger partial charge is 0.439 e. The number of carbonyl (C=O) groups excluding carboxylic acids is 2. The van der Waals surface area contributed by atoms with E-state index in [9.17, 15) is 9.59 Å². The summed E-state index contributed by atoms with van der Waals surface area (Å²) in [6.07, 6.45) is 3.12. The smallest absolute Gasteiger partial charge is 0.407 e. The fourth-order valence-corrected chi connectivity index (χ4v) is 2.73. The standard InChI is InChI=1S/C17H28N6O3/c1-14-5-7-19-16(21-14)23-10-4-9-22(11-12-23)8-3-6-20-17(25)26-13-15(24)18-2/h5,7H,3-4,6,8-13H2,1-2H3,(H,18,24)(H,20,25). The second-order valence-corrected chi connectivity index (χ2v) is 6.21. The number of amides is 2. The average Bonchev–Trinajstić information content (AvgIpc) is 2.89. The Kier molecular flexibility index (Phi) is 8.07. The van der Waals surface area contributed by atoms with Crippen LogP contribution in [0.4, 0.5) is 10.7 Å². The third-order valence-corrected chi connectivity index (χ3v) is 4.19. The lowest BCUT2D eigenvalue weighted by Crippen LogP contribution is -2.34. The first-order valence-corrected chi connectivity index (χ1v) is 8.96. The predicted octanol–water partition coefficient (Wildman–Crippen LogP) is 0.159. The van der Waals surface area contributed by atoms with Crippen molar-refractivity contribution >= 4 is 17.9 Å². The third kappa shape index (κ3) is 6.83. The minimum absolute atomic E-state index is 0.259. The lowest BCUT2D eigenvalue weighted by atomic mass is 10.3. The van der Waals surface area contributed by atoms with Crippen LogP contribution in [0, 0.1) is 6.92 Å². The van der Waals surface area contributed by atoms with Gasteiger partial charge in [0.05, 0.1) is 0 Å². The molecule has 1 saturated heterocycles. The fraction of sp³-hybridized carbons (Fsp3) is 0.647. The molecule has 0 aromatic carbocycles. The van der Waals surface area contributed by atoms with Crippen LogP contribution in [0.5, 0.6) is 0 Å². The zero-order chi connectivity index (χ0) is 18.8. The second kappa shape index (κ2) is 10.5. The molecule has 0 saturated carbocycles. The number of hydrogen-bond acceptors (Lipinski definition) is 7. The van der Waals surface area contributed by atoms with Gasteiger partial charge in [-0.2, -0.15) is 0 Å². The van der Waals surface area contributed by atoms with Gasteiger partial charge in [-0.15, -0.1) is 0 Å². The summed E-state index contributed by atoms with van der Waals surface area (Å²) in [6, 6.07) is 1.90. The summed E-state index contributed by atoms with van der Waals surface area (Å²) >= 11 is 0. The number of rotatable bonds is 7. The van der Waals surface area contributed by atoms with Crippen molar-refractivity contribution in [3.8, 4) is 0 Å². The Balaban J connectivity index is 1.64. The number of nitrogens with one attached hydrogen (secondary N) is 2. The predicted molar refractivity (Wildman–Crippen MR) is 98.1 cm³/mol. The van der Waals surface area contributed by atoms with E-state index in [-0.39, 0.29) is 12.5 Å². The van der Waals surface area contributed by atoms with Crippen molar-refractivity contribution in [3.63, 3.8) is 0 Å². The zero-order valence-electron chi connectivity index (χ0n) is 15.5. The first kappa shape index (κ1) is 19.9. The van der Waals surface area contributed by atoms with Gasteiger partial charge in [-0.1, -0.05) is 0 Å². The van der Waals surface area contributed by atoms with Gasteiger partial charge in [-0.25, -0.2) is 14.8 Å². The van der Waals surface area contributed by atoms with Crippen molar-refractivity contribution < 1.29 is 14.3 Å². The van der Waals surface area contributed by atoms with Crippen molar-refractivity contribution in [2.45, 2.75) is 19.8 Å². The number of ether oxygens (including phenoxy) is 1. The molecule has 1 aromatic heterocycles. The molecule has 0 radical (unpaired) electrons. The molecule has 0 unspecified atom stereocenters. The molecule has 0 aliphatic carbocycles. The molecule has 144 valence electrons. The van der Waals surface area contributed by atoms with Crippen LogP contribution in [0.25, 0.3) is 0 Å². The van der Waals surface area contributed by atoms with Gasteiger partial charge in [-0.05, 0) is 38.9 Å². The summed E-state index contributed by atoms with van der Waals surface area (Å²) in [5.41, 5.74) is 0.977. The van der Waals surface area contributed by atoms with Gasteiger partial charge >= 0.3 is 6.09 Å². The van der Waals surface area contributed by atoms with Crippen LogP contribution in [0.3, 0.4) is 0 Å². The molecule has 0 spiro atoms. The highest BCUT2D eigenvalue weighted by atomic mass is 16.6. The Morgan fingerprint density at radius 1 is 1.27 bits per heavy atom. The van der Waals surface area contributed by atoms with E-state index in [1.165, 1.54) is 7.05 Å². The number of anilines is 1. The molecule has 1 aliphatic rings. The SMILES string of the molecule is CNC(=O)COC(=O)NCCCN1CCCN(c2nccc(C)n2)CC1. The second-order valence-electron chi connectivity index (χ2n) is 6.21. The molecule has 1 aromatic rings. The molecular formula is C17H28N6O3. The highest BCUT2D eigenvalue weighted by Gasteiger charge is 2.16. The minimum atomic E-state index is -0.563. The Morgan fingerprint density at radius 3 is 2.88 bits per heavy atom. The van der Waals surface area contributed by atoms with E-state index in [1.54, 1.807) is 6.20 Å². The maximum Gasteiger partial charge on any atom is 0.407 e. The molecule has 9 heteroatoms. The summed E-state index contributed by atoms with van der Waals surface area (Å²) in [6.45, 7) is 6.94. The van der Waals surface area contributed by atoms with Crippen molar-refractivity contribution in [3.05, 3.63) is 18.0 Å². The van der Waals surface area contributed by atoms with Crippen LogP contribution in [-0.4, -0.2) is 79.8 Å². The molecule has 2 amide bonds. The van der Waals surface area contributed by atoms with E-state index in [2.05, 4.69) is 30.4 Å². The maximum atomic E-state index is 11.4. The number of carbonyl (C=O) groups is 2. The van der Waals surface area contributed by atoms with Crippen LogP contribution in [0.1, 0.15) is 18.5 Å². The van der Waals surface area contributed by atoms with Gasteiger partial charge < -0.3 is 25.2 Å². The highest BCUT2D eigenvalue weighted by molar-refractivity contribution is 5.79. The Labute approximate surface area is 154 Å². The van der Waals surface area contributed by atoms with Crippen molar-refractivity contribution in [2.24, 2.45) is 0 Å². The lowest BCUT2D eigenvalue weighted by molar-refractivity contribution is -0.123. The van der Waals surface area contributed by atoms with Crippen LogP contribution < -0.4 is 15.5 Å². The van der Waals surface area contributed by atoms with Crippen LogP contribution >= 0.6 is 0 Å². The van der Waals surface area contributed by atoms with Gasteiger partial charge in [-0.3, -0.25) is 4.79 Å². The monoisotopic (exact) mass is 364 g/mol. The normalized spacial score (nSPS) is 15.2. The van der Waals surface area contributed by atoms with Gasteiger partial charge in [0.15, 0.2) is 6.61 Å². The first-order chi connectivity index (χ1) is 12.6. The van der Waals surface area contributed by atoms with Crippen LogP contribution in [0.15, 0.2) is 12.3 Å². The molecule has 1 aliphatic heterocycles. The van der Waals surface area contributed by atoms with Gasteiger partial charge in [0.2, 0.25) is 5.95 Å². The van der Waals surface area contributed by atoms with E-state index in [0.717, 1.165) is 57.2 Å². The molecule has 0 atom stereocenters. The fourth-order valence-electron chi connectivity index (χ4n) is 2.73. The number of nitrogens with zero attached hydrogens (tertiary/aromatic N) is 4. The van der Waals surface area contributed by atoms with E-state index < -0.39 is 6.09 Å². The topological polar surface area (TPSA) is 99.7 Å². The van der Waals surface area contributed by atoms with Crippen molar-refractivity contribution in [2.75, 3.05) is 57.8 Å². The van der Waals surface area contributed by atoms with E-state index in [4.69, 9.17) is 4.74 Å². The van der Waals surface area contributed by atoms with E-state index in [1.807, 2.05) is 13.0 Å². The summed E-state index contributed by atoms with van der Waals surface area (Å²) in [5, 5.41) is 5.05. The van der Waals surface area contributed by atoms with Crippen LogP contribution in [0.2, 0.25) is 0 Å². The Morgan fingerprint density at radius 2 is 2.12 bits per heavy atom. The molecule has 9 nitrogen and oxygen atoms in total. The van der Waals surface area contributed by atoms with Crippen molar-refractivity contribution in [1.29, 1.82) is 0 Å². The molecule has 2 heterocycles. The molecule has 2 rings (SSSR count). The summed E-state index contributed by atoms with van der Waals surface area (Å²) in [7, 11) is 1.50. The molecule has 0 bridgehead atoms. The van der Waals surface area contributed by atoms with Gasteiger partial charge in [0, 0.05) is 45.1 Å². The number of aryl methyl sites for hydroxylation is 1. The summed E-state index contributed by atoms with van der Waals surface area (Å²) in [4.78, 5) is 35.9. The molecule has 1 fully saturated rings. The Bertz CT molecular complexity index is 598. The summed E-state index contributed by atoms with van der Waals surface area (Å²) in [5.74, 6) is 0.472. The molecular weight excluding hydrogens is 336 g/mol. The molecule has 26 heavy (non-hydrogen) atoms.